The van der Waals surface area contributed by atoms with E-state index in [4.69, 9.17) is 40.2 Å². The van der Waals surface area contributed by atoms with Crippen LogP contribution in [0, 0.1) is 0 Å². The van der Waals surface area contributed by atoms with Crippen LogP contribution in [-0.2, 0) is 4.74 Å². The average Bonchev–Trinajstić information content (AvgIpc) is 2.95. The molecule has 7 heteroatoms. The molecule has 0 aromatic heterocycles. The van der Waals surface area contributed by atoms with E-state index in [0.29, 0.717) is 21.7 Å². The highest BCUT2D eigenvalue weighted by molar-refractivity contribution is 7.80. The number of nitrogens with zero attached hydrogens (tertiary/aromatic N) is 1. The molecule has 0 radical (unpaired) electrons. The third-order valence-corrected chi connectivity index (χ3v) is 3.94. The van der Waals surface area contributed by atoms with E-state index >= 15 is 0 Å². The maximum atomic E-state index is 6.13. The second-order valence-electron chi connectivity index (χ2n) is 4.78. The van der Waals surface area contributed by atoms with Gasteiger partial charge in [0, 0.05) is 23.7 Å². The molecule has 21 heavy (non-hydrogen) atoms. The summed E-state index contributed by atoms with van der Waals surface area (Å²) in [5.74, 6) is 0. The molecule has 0 bridgehead atoms. The predicted octanol–water partition coefficient (Wildman–Crippen LogP) is 3.36. The zero-order valence-electron chi connectivity index (χ0n) is 11.7. The lowest BCUT2D eigenvalue weighted by molar-refractivity contribution is 0.114. The highest BCUT2D eigenvalue weighted by atomic mass is 35.5. The zero-order valence-corrected chi connectivity index (χ0v) is 14.0. The topological polar surface area (TPSA) is 45.7 Å². The summed E-state index contributed by atoms with van der Waals surface area (Å²) in [6, 6.07) is 5.29. The van der Waals surface area contributed by atoms with E-state index in [2.05, 4.69) is 15.8 Å². The monoisotopic (exact) mass is 345 g/mol. The van der Waals surface area contributed by atoms with E-state index in [9.17, 15) is 0 Å². The number of hydrogen-bond donors (Lipinski definition) is 2. The van der Waals surface area contributed by atoms with Gasteiger partial charge in [-0.25, -0.2) is 0 Å². The lowest BCUT2D eigenvalue weighted by atomic mass is 10.1. The van der Waals surface area contributed by atoms with Crippen LogP contribution in [0.4, 0.5) is 0 Å². The molecule has 0 aliphatic carbocycles. The van der Waals surface area contributed by atoms with Crippen molar-refractivity contribution in [2.45, 2.75) is 25.9 Å². The molecule has 4 nitrogen and oxygen atoms in total. The summed E-state index contributed by atoms with van der Waals surface area (Å²) in [6.45, 7) is 3.38. The number of thiocarbonyl (C=S) groups is 1. The lowest BCUT2D eigenvalue weighted by Crippen LogP contribution is -2.37. The summed E-state index contributed by atoms with van der Waals surface area (Å²) in [6.07, 6.45) is 2.41. The fraction of sp³-hybridized carbons (Fsp3) is 0.429. The van der Waals surface area contributed by atoms with Crippen LogP contribution in [0.5, 0.6) is 0 Å². The second kappa shape index (κ2) is 7.94. The van der Waals surface area contributed by atoms with Crippen LogP contribution in [0.25, 0.3) is 0 Å². The van der Waals surface area contributed by atoms with Crippen LogP contribution >= 0.6 is 35.4 Å². The Balaban J connectivity index is 1.85. The van der Waals surface area contributed by atoms with Gasteiger partial charge in [0.25, 0.3) is 0 Å². The highest BCUT2D eigenvalue weighted by Gasteiger charge is 2.15. The van der Waals surface area contributed by atoms with Crippen molar-refractivity contribution in [2.24, 2.45) is 5.10 Å². The van der Waals surface area contributed by atoms with E-state index < -0.39 is 0 Å². The average molecular weight is 346 g/mol. The van der Waals surface area contributed by atoms with Gasteiger partial charge < -0.3 is 10.1 Å². The maximum absolute atomic E-state index is 6.13. The minimum absolute atomic E-state index is 0.237. The van der Waals surface area contributed by atoms with E-state index in [0.717, 1.165) is 30.7 Å². The Bertz CT molecular complexity index is 545. The van der Waals surface area contributed by atoms with E-state index in [-0.39, 0.29) is 6.10 Å². The molecule has 0 saturated carbocycles. The zero-order chi connectivity index (χ0) is 15.2. The first kappa shape index (κ1) is 16.5. The Morgan fingerprint density at radius 3 is 2.95 bits per heavy atom. The lowest BCUT2D eigenvalue weighted by Gasteiger charge is -2.12. The fourth-order valence-electron chi connectivity index (χ4n) is 2.03. The molecule has 1 unspecified atom stereocenters. The van der Waals surface area contributed by atoms with Crippen LogP contribution in [0.15, 0.2) is 23.3 Å². The molecule has 2 N–H and O–H groups in total. The van der Waals surface area contributed by atoms with Gasteiger partial charge in [-0.05, 0) is 44.1 Å². The van der Waals surface area contributed by atoms with Gasteiger partial charge in [-0.15, -0.1) is 0 Å². The Kier molecular flexibility index (Phi) is 6.23. The van der Waals surface area contributed by atoms with Crippen LogP contribution in [0.3, 0.4) is 0 Å². The molecule has 1 saturated heterocycles. The van der Waals surface area contributed by atoms with Crippen LogP contribution in [-0.4, -0.2) is 30.1 Å². The Hall–Kier alpha value is -0.880. The number of hydrogen-bond acceptors (Lipinski definition) is 3. The van der Waals surface area contributed by atoms with E-state index in [1.54, 1.807) is 12.1 Å². The second-order valence-corrected chi connectivity index (χ2v) is 6.03. The van der Waals surface area contributed by atoms with E-state index in [1.807, 2.05) is 13.0 Å². The summed E-state index contributed by atoms with van der Waals surface area (Å²) in [4.78, 5) is 0. The largest absolute Gasteiger partial charge is 0.376 e. The predicted molar refractivity (Wildman–Crippen MR) is 91.4 cm³/mol. The molecule has 1 heterocycles. The molecule has 0 amide bonds. The van der Waals surface area contributed by atoms with Crippen molar-refractivity contribution < 1.29 is 4.74 Å². The normalized spacial score (nSPS) is 18.6. The summed E-state index contributed by atoms with van der Waals surface area (Å²) in [5.41, 5.74) is 4.36. The molecule has 1 aromatic rings. The Labute approximate surface area is 139 Å². The smallest absolute Gasteiger partial charge is 0.187 e. The van der Waals surface area contributed by atoms with Gasteiger partial charge in [-0.3, -0.25) is 5.43 Å². The summed E-state index contributed by atoms with van der Waals surface area (Å²) < 4.78 is 5.51. The Morgan fingerprint density at radius 1 is 1.48 bits per heavy atom. The molecule has 1 atom stereocenters. The van der Waals surface area contributed by atoms with Gasteiger partial charge in [0.05, 0.1) is 16.8 Å². The number of benzene rings is 1. The third-order valence-electron chi connectivity index (χ3n) is 3.16. The number of hydrazone groups is 1. The van der Waals surface area contributed by atoms with Gasteiger partial charge >= 0.3 is 0 Å². The first-order valence-electron chi connectivity index (χ1n) is 6.71. The van der Waals surface area contributed by atoms with Crippen molar-refractivity contribution in [3.8, 4) is 0 Å². The van der Waals surface area contributed by atoms with Gasteiger partial charge in [-0.2, -0.15) is 5.10 Å². The molecule has 0 spiro atoms. The molecule has 1 aliphatic rings. The van der Waals surface area contributed by atoms with Gasteiger partial charge in [-0.1, -0.05) is 29.3 Å². The van der Waals surface area contributed by atoms with Gasteiger partial charge in [0.1, 0.15) is 0 Å². The number of ether oxygens (including phenoxy) is 1. The summed E-state index contributed by atoms with van der Waals surface area (Å²) in [5, 5.41) is 8.94. The Morgan fingerprint density at radius 2 is 2.29 bits per heavy atom. The first-order chi connectivity index (χ1) is 10.1. The first-order valence-corrected chi connectivity index (χ1v) is 7.88. The van der Waals surface area contributed by atoms with Gasteiger partial charge in [0.15, 0.2) is 5.11 Å². The standard InChI is InChI=1S/C14H17Cl2N3OS/c1-9(12-5-4-10(15)7-13(12)16)18-19-14(21)17-8-11-3-2-6-20-11/h4-5,7,11H,2-3,6,8H2,1H3,(H2,17,19,21)/b18-9+. The molecule has 114 valence electrons. The summed E-state index contributed by atoms with van der Waals surface area (Å²) in [7, 11) is 0. The molecule has 2 rings (SSSR count). The van der Waals surface area contributed by atoms with Gasteiger partial charge in [0.2, 0.25) is 0 Å². The maximum Gasteiger partial charge on any atom is 0.187 e. The van der Waals surface area contributed by atoms with E-state index in [1.165, 1.54) is 0 Å². The molecular weight excluding hydrogens is 329 g/mol. The van der Waals surface area contributed by atoms with Crippen molar-refractivity contribution in [2.75, 3.05) is 13.2 Å². The van der Waals surface area contributed by atoms with Crippen LogP contribution < -0.4 is 10.7 Å². The fourth-order valence-corrected chi connectivity index (χ4v) is 2.70. The number of nitrogens with one attached hydrogen (secondary N) is 2. The van der Waals surface area contributed by atoms with Crippen molar-refractivity contribution in [3.63, 3.8) is 0 Å². The minimum Gasteiger partial charge on any atom is -0.376 e. The highest BCUT2D eigenvalue weighted by Crippen LogP contribution is 2.21. The molecule has 1 aliphatic heterocycles. The molecule has 1 fully saturated rings. The van der Waals surface area contributed by atoms with Crippen LogP contribution in [0.1, 0.15) is 25.3 Å². The number of halogens is 2. The third kappa shape index (κ3) is 5.11. The quantitative estimate of drug-likeness (QED) is 0.499. The minimum atomic E-state index is 0.237. The molecule has 1 aromatic carbocycles. The van der Waals surface area contributed by atoms with Crippen molar-refractivity contribution in [3.05, 3.63) is 33.8 Å². The number of rotatable bonds is 4. The van der Waals surface area contributed by atoms with Crippen molar-refractivity contribution >= 4 is 46.2 Å². The SMILES string of the molecule is C/C(=N\NC(=S)NCC1CCCO1)c1ccc(Cl)cc1Cl. The van der Waals surface area contributed by atoms with Crippen molar-refractivity contribution in [1.29, 1.82) is 0 Å². The molecular formula is C14H17Cl2N3OS. The van der Waals surface area contributed by atoms with Crippen molar-refractivity contribution in [1.82, 2.24) is 10.7 Å². The van der Waals surface area contributed by atoms with Crippen LogP contribution in [0.2, 0.25) is 10.0 Å². The summed E-state index contributed by atoms with van der Waals surface area (Å²) >= 11 is 17.2.